The van der Waals surface area contributed by atoms with Gasteiger partial charge in [0.1, 0.15) is 0 Å². The number of unbranched alkanes of at least 4 members (excludes halogenated alkanes) is 2. The molecule has 0 rings (SSSR count). The van der Waals surface area contributed by atoms with Gasteiger partial charge in [0.05, 0.1) is 11.8 Å². The molecule has 0 aromatic heterocycles. The first-order valence-electron chi connectivity index (χ1n) is 7.89. The normalized spacial score (nSPS) is 11.8. The van der Waals surface area contributed by atoms with Crippen LogP contribution in [0.25, 0.3) is 0 Å². The van der Waals surface area contributed by atoms with Gasteiger partial charge in [0, 0.05) is 39.0 Å². The number of aliphatic carboxylic acids is 2. The van der Waals surface area contributed by atoms with Crippen LogP contribution in [0, 0.1) is 11.8 Å². The zero-order chi connectivity index (χ0) is 16.0. The van der Waals surface area contributed by atoms with Crippen molar-refractivity contribution in [3.63, 3.8) is 0 Å². The molecule has 0 heterocycles. The Hall–Kier alpha value is 0.187. The first-order chi connectivity index (χ1) is 9.44. The molecule has 0 radical (unpaired) electrons. The molecule has 0 aromatic carbocycles. The first kappa shape index (κ1) is 30.1. The summed E-state index contributed by atoms with van der Waals surface area (Å²) in [5, 5.41) is 17.2. The largest absolute Gasteiger partial charge is 0.481 e. The molecular weight excluding hydrogens is 387 g/mol. The molecule has 0 saturated heterocycles. The molecule has 6 heteroatoms. The summed E-state index contributed by atoms with van der Waals surface area (Å²) < 4.78 is 0. The minimum absolute atomic E-state index is 0. The minimum atomic E-state index is -0.643. The second-order valence-electron chi connectivity index (χ2n) is 5.17. The van der Waals surface area contributed by atoms with Crippen molar-refractivity contribution in [2.75, 3.05) is 0 Å². The van der Waals surface area contributed by atoms with E-state index >= 15 is 0 Å². The smallest absolute Gasteiger partial charge is 0.306 e. The van der Waals surface area contributed by atoms with Gasteiger partial charge in [-0.2, -0.15) is 0 Å². The Bertz CT molecular complexity index is 235. The van der Waals surface area contributed by atoms with E-state index in [0.29, 0.717) is 0 Å². The summed E-state index contributed by atoms with van der Waals surface area (Å²) in [6.07, 6.45) is 7.43. The van der Waals surface area contributed by atoms with E-state index in [9.17, 15) is 9.59 Å². The number of carbonyl (C=O) groups is 2. The van der Waals surface area contributed by atoms with Crippen molar-refractivity contribution in [3.8, 4) is 0 Å². The summed E-state index contributed by atoms with van der Waals surface area (Å²) in [7, 11) is 0. The maximum Gasteiger partial charge on any atom is 0.306 e. The molecule has 22 heavy (non-hydrogen) atoms. The van der Waals surface area contributed by atoms with Gasteiger partial charge in [-0.3, -0.25) is 9.59 Å². The Morgan fingerprint density at radius 3 is 1.14 bits per heavy atom. The van der Waals surface area contributed by atoms with Gasteiger partial charge in [0.15, 0.2) is 0 Å². The van der Waals surface area contributed by atoms with E-state index < -0.39 is 11.9 Å². The summed E-state index contributed by atoms with van der Waals surface area (Å²) in [4.78, 5) is 20.9. The fraction of sp³-hybridized carbons (Fsp3) is 0.875. The van der Waals surface area contributed by atoms with Gasteiger partial charge >= 0.3 is 11.9 Å². The van der Waals surface area contributed by atoms with Crippen molar-refractivity contribution >= 4 is 11.9 Å². The minimum Gasteiger partial charge on any atom is -0.481 e. The van der Waals surface area contributed by atoms with Crippen LogP contribution < -0.4 is 0 Å². The maximum atomic E-state index is 10.4. The van der Waals surface area contributed by atoms with E-state index in [1.165, 1.54) is 0 Å². The predicted molar refractivity (Wildman–Crippen MR) is 81.9 cm³/mol. The molecule has 0 aromatic rings. The molecule has 0 fully saturated rings. The van der Waals surface area contributed by atoms with Crippen LogP contribution in [-0.4, -0.2) is 22.2 Å². The number of rotatable bonds is 10. The SMILES string of the molecule is CCCCC(CC)C(=O)O.CCCCC(CC)C(=O)O.[Zn].[Zn]. The standard InChI is InChI=1S/2C8H16O2.2Zn/c2*1-3-5-6-7(4-2)8(9)10;;/h2*7H,3-6H2,1-2H3,(H,9,10);;. The van der Waals surface area contributed by atoms with Gasteiger partial charge in [0.25, 0.3) is 0 Å². The van der Waals surface area contributed by atoms with E-state index in [4.69, 9.17) is 10.2 Å². The molecule has 2 atom stereocenters. The maximum absolute atomic E-state index is 10.4. The Morgan fingerprint density at radius 2 is 1.00 bits per heavy atom. The van der Waals surface area contributed by atoms with Crippen molar-refractivity contribution in [2.24, 2.45) is 11.8 Å². The van der Waals surface area contributed by atoms with Gasteiger partial charge in [0.2, 0.25) is 0 Å². The van der Waals surface area contributed by atoms with Crippen LogP contribution >= 0.6 is 0 Å². The Kier molecular flexibility index (Phi) is 29.0. The molecule has 124 valence electrons. The fourth-order valence-electron chi connectivity index (χ4n) is 1.91. The molecule has 0 aliphatic heterocycles. The molecule has 0 aliphatic rings. The van der Waals surface area contributed by atoms with E-state index in [2.05, 4.69) is 13.8 Å². The number of hydrogen-bond donors (Lipinski definition) is 2. The van der Waals surface area contributed by atoms with E-state index in [1.807, 2.05) is 13.8 Å². The van der Waals surface area contributed by atoms with Crippen molar-refractivity contribution in [3.05, 3.63) is 0 Å². The summed E-state index contributed by atoms with van der Waals surface area (Å²) in [5.41, 5.74) is 0. The van der Waals surface area contributed by atoms with E-state index in [0.717, 1.165) is 51.4 Å². The topological polar surface area (TPSA) is 74.6 Å². The van der Waals surface area contributed by atoms with Crippen LogP contribution in [0.1, 0.15) is 79.1 Å². The summed E-state index contributed by atoms with van der Waals surface area (Å²) in [5.74, 6) is -1.51. The predicted octanol–water partition coefficient (Wildman–Crippen LogP) is 4.57. The molecule has 0 aliphatic carbocycles. The molecule has 2 unspecified atom stereocenters. The number of carboxylic acid groups (broad SMARTS) is 2. The molecular formula is C16H32O4Zn2. The van der Waals surface area contributed by atoms with Crippen LogP contribution in [0.5, 0.6) is 0 Å². The quantitative estimate of drug-likeness (QED) is 0.509. The van der Waals surface area contributed by atoms with Crippen LogP contribution in [0.15, 0.2) is 0 Å². The molecule has 0 spiro atoms. The van der Waals surface area contributed by atoms with Crippen molar-refractivity contribution < 1.29 is 58.8 Å². The van der Waals surface area contributed by atoms with Gasteiger partial charge in [-0.05, 0) is 25.7 Å². The Morgan fingerprint density at radius 1 is 0.727 bits per heavy atom. The molecule has 4 nitrogen and oxygen atoms in total. The molecule has 0 saturated carbocycles. The third-order valence-electron chi connectivity index (χ3n) is 3.50. The summed E-state index contributed by atoms with van der Waals surface area (Å²) >= 11 is 0. The van der Waals surface area contributed by atoms with Crippen molar-refractivity contribution in [2.45, 2.75) is 79.1 Å². The molecule has 2 N–H and O–H groups in total. The van der Waals surface area contributed by atoms with Gasteiger partial charge < -0.3 is 10.2 Å². The third-order valence-corrected chi connectivity index (χ3v) is 3.50. The average molecular weight is 419 g/mol. The van der Waals surface area contributed by atoms with Crippen molar-refractivity contribution in [1.82, 2.24) is 0 Å². The molecule has 0 bridgehead atoms. The van der Waals surface area contributed by atoms with Crippen LogP contribution in [0.4, 0.5) is 0 Å². The van der Waals surface area contributed by atoms with Gasteiger partial charge in [-0.15, -0.1) is 0 Å². The number of hydrogen-bond acceptors (Lipinski definition) is 2. The van der Waals surface area contributed by atoms with Crippen LogP contribution in [-0.2, 0) is 48.5 Å². The summed E-state index contributed by atoms with van der Waals surface area (Å²) in [6, 6.07) is 0. The third kappa shape index (κ3) is 18.2. The van der Waals surface area contributed by atoms with E-state index in [-0.39, 0.29) is 50.8 Å². The summed E-state index contributed by atoms with van der Waals surface area (Å²) in [6.45, 7) is 8.01. The van der Waals surface area contributed by atoms with Gasteiger partial charge in [-0.25, -0.2) is 0 Å². The zero-order valence-electron chi connectivity index (χ0n) is 14.9. The fourth-order valence-corrected chi connectivity index (χ4v) is 1.91. The second-order valence-corrected chi connectivity index (χ2v) is 5.17. The van der Waals surface area contributed by atoms with Crippen molar-refractivity contribution in [1.29, 1.82) is 0 Å². The number of carboxylic acids is 2. The second kappa shape index (κ2) is 21.2. The van der Waals surface area contributed by atoms with Gasteiger partial charge in [-0.1, -0.05) is 53.4 Å². The average Bonchev–Trinajstić information content (AvgIpc) is 2.40. The van der Waals surface area contributed by atoms with Crippen LogP contribution in [0.2, 0.25) is 0 Å². The zero-order valence-corrected chi connectivity index (χ0v) is 20.9. The van der Waals surface area contributed by atoms with E-state index in [1.54, 1.807) is 0 Å². The monoisotopic (exact) mass is 416 g/mol. The Labute approximate surface area is 161 Å². The Balaban J connectivity index is -0.000000135. The van der Waals surface area contributed by atoms with Crippen LogP contribution in [0.3, 0.4) is 0 Å². The first-order valence-corrected chi connectivity index (χ1v) is 7.89. The molecule has 0 amide bonds.